The Morgan fingerprint density at radius 3 is 2.65 bits per heavy atom. The molecule has 1 rings (SSSR count). The first-order chi connectivity index (χ1) is 8.10. The van der Waals surface area contributed by atoms with E-state index in [9.17, 15) is 4.79 Å². The number of rotatable bonds is 6. The van der Waals surface area contributed by atoms with Gasteiger partial charge >= 0.3 is 0 Å². The highest BCUT2D eigenvalue weighted by Gasteiger charge is 2.14. The van der Waals surface area contributed by atoms with E-state index in [-0.39, 0.29) is 6.61 Å². The van der Waals surface area contributed by atoms with E-state index in [2.05, 4.69) is 0 Å². The van der Waals surface area contributed by atoms with Crippen LogP contribution in [0.5, 0.6) is 0 Å². The van der Waals surface area contributed by atoms with E-state index in [1.54, 1.807) is 18.2 Å². The van der Waals surface area contributed by atoms with Crippen LogP contribution in [0.15, 0.2) is 18.2 Å². The Bertz CT molecular complexity index is 387. The first-order valence-electron chi connectivity index (χ1n) is 5.65. The van der Waals surface area contributed by atoms with Gasteiger partial charge < -0.3 is 21.5 Å². The Labute approximate surface area is 101 Å². The van der Waals surface area contributed by atoms with Crippen molar-refractivity contribution in [3.8, 4) is 0 Å². The predicted octanol–water partition coefficient (Wildman–Crippen LogP) is 0.576. The lowest BCUT2D eigenvalue weighted by Gasteiger charge is -2.25. The smallest absolute Gasteiger partial charge is 0.250 e. The van der Waals surface area contributed by atoms with Crippen molar-refractivity contribution in [3.63, 3.8) is 0 Å². The molecule has 0 atom stereocenters. The number of nitrogens with two attached hydrogens (primary N) is 2. The first kappa shape index (κ1) is 13.3. The molecule has 0 aliphatic rings. The number of hydrogen-bond acceptors (Lipinski definition) is 4. The summed E-state index contributed by atoms with van der Waals surface area (Å²) in [5.41, 5.74) is 12.7. The van der Waals surface area contributed by atoms with Crippen molar-refractivity contribution in [2.24, 2.45) is 5.73 Å². The minimum atomic E-state index is -0.487. The minimum absolute atomic E-state index is 0.0208. The van der Waals surface area contributed by atoms with Crippen molar-refractivity contribution in [1.29, 1.82) is 0 Å². The van der Waals surface area contributed by atoms with Crippen molar-refractivity contribution < 1.29 is 9.90 Å². The summed E-state index contributed by atoms with van der Waals surface area (Å²) < 4.78 is 0. The zero-order valence-electron chi connectivity index (χ0n) is 10.0. The number of amides is 1. The topological polar surface area (TPSA) is 92.6 Å². The fraction of sp³-hybridized carbons (Fsp3) is 0.417. The predicted molar refractivity (Wildman–Crippen MR) is 69.0 cm³/mol. The highest BCUT2D eigenvalue weighted by molar-refractivity contribution is 5.99. The lowest BCUT2D eigenvalue weighted by Crippen LogP contribution is -2.30. The van der Waals surface area contributed by atoms with Gasteiger partial charge in [-0.15, -0.1) is 0 Å². The largest absolute Gasteiger partial charge is 0.399 e. The molecule has 5 nitrogen and oxygen atoms in total. The molecule has 1 aromatic carbocycles. The van der Waals surface area contributed by atoms with Crippen LogP contribution >= 0.6 is 0 Å². The quantitative estimate of drug-likeness (QED) is 0.631. The van der Waals surface area contributed by atoms with Gasteiger partial charge in [-0.05, 0) is 24.6 Å². The molecule has 17 heavy (non-hydrogen) atoms. The second-order valence-electron chi connectivity index (χ2n) is 3.85. The van der Waals surface area contributed by atoms with E-state index in [4.69, 9.17) is 16.6 Å². The molecule has 94 valence electrons. The summed E-state index contributed by atoms with van der Waals surface area (Å²) in [5.74, 6) is -0.487. The van der Waals surface area contributed by atoms with Gasteiger partial charge in [-0.1, -0.05) is 6.92 Å². The number of carbonyl (C=O) groups excluding carboxylic acids is 1. The van der Waals surface area contributed by atoms with Gasteiger partial charge in [0.05, 0.1) is 17.9 Å². The van der Waals surface area contributed by atoms with E-state index in [1.807, 2.05) is 11.8 Å². The summed E-state index contributed by atoms with van der Waals surface area (Å²) in [6.45, 7) is 3.25. The highest BCUT2D eigenvalue weighted by Crippen LogP contribution is 2.23. The fourth-order valence-electron chi connectivity index (χ4n) is 1.76. The summed E-state index contributed by atoms with van der Waals surface area (Å²) in [5, 5.41) is 9.03. The van der Waals surface area contributed by atoms with Crippen molar-refractivity contribution in [2.45, 2.75) is 13.3 Å². The Kier molecular flexibility index (Phi) is 4.78. The Balaban J connectivity index is 3.14. The maximum Gasteiger partial charge on any atom is 0.250 e. The Morgan fingerprint density at radius 1 is 1.41 bits per heavy atom. The van der Waals surface area contributed by atoms with Crippen LogP contribution in [0, 0.1) is 0 Å². The average molecular weight is 237 g/mol. The molecule has 0 heterocycles. The molecule has 5 heteroatoms. The van der Waals surface area contributed by atoms with Crippen LogP contribution in [0.25, 0.3) is 0 Å². The molecule has 1 aromatic rings. The third kappa shape index (κ3) is 3.35. The number of aliphatic hydroxyl groups excluding tert-OH is 1. The molecule has 1 amide bonds. The number of hydrogen-bond donors (Lipinski definition) is 3. The molecule has 0 unspecified atom stereocenters. The van der Waals surface area contributed by atoms with Gasteiger partial charge in [-0.2, -0.15) is 0 Å². The maximum absolute atomic E-state index is 11.3. The van der Waals surface area contributed by atoms with Crippen LogP contribution in [0.2, 0.25) is 0 Å². The monoisotopic (exact) mass is 237 g/mol. The van der Waals surface area contributed by atoms with Gasteiger partial charge in [0, 0.05) is 18.8 Å². The van der Waals surface area contributed by atoms with Crippen LogP contribution in [-0.4, -0.2) is 30.7 Å². The fourth-order valence-corrected chi connectivity index (χ4v) is 1.76. The highest BCUT2D eigenvalue weighted by atomic mass is 16.3. The zero-order valence-corrected chi connectivity index (χ0v) is 10.0. The lowest BCUT2D eigenvalue weighted by molar-refractivity contribution is 0.100. The second kappa shape index (κ2) is 6.10. The van der Waals surface area contributed by atoms with E-state index < -0.39 is 5.91 Å². The molecule has 0 bridgehead atoms. The van der Waals surface area contributed by atoms with Crippen LogP contribution in [-0.2, 0) is 0 Å². The number of nitrogens with zero attached hydrogens (tertiary/aromatic N) is 1. The molecule has 0 aliphatic carbocycles. The van der Waals surface area contributed by atoms with Crippen molar-refractivity contribution in [1.82, 2.24) is 0 Å². The van der Waals surface area contributed by atoms with Gasteiger partial charge in [0.15, 0.2) is 0 Å². The summed E-state index contributed by atoms with van der Waals surface area (Å²) in [6.07, 6.45) is 0.910. The summed E-state index contributed by atoms with van der Waals surface area (Å²) in [7, 11) is 0. The molecule has 5 N–H and O–H groups in total. The molecule has 0 aromatic heterocycles. The summed E-state index contributed by atoms with van der Waals surface area (Å²) in [4.78, 5) is 13.3. The van der Waals surface area contributed by atoms with Crippen LogP contribution in [0.1, 0.15) is 23.7 Å². The third-order valence-electron chi connectivity index (χ3n) is 2.49. The number of primary amides is 1. The normalized spacial score (nSPS) is 10.2. The molecule has 0 spiro atoms. The minimum Gasteiger partial charge on any atom is -0.399 e. The number of carbonyl (C=O) groups is 1. The molecule has 0 saturated heterocycles. The Hall–Kier alpha value is -1.75. The summed E-state index contributed by atoms with van der Waals surface area (Å²) in [6, 6.07) is 4.98. The number of aliphatic hydroxyl groups is 1. The average Bonchev–Trinajstić information content (AvgIpc) is 2.28. The van der Waals surface area contributed by atoms with Crippen molar-refractivity contribution >= 4 is 17.3 Å². The third-order valence-corrected chi connectivity index (χ3v) is 2.49. The lowest BCUT2D eigenvalue weighted by atomic mass is 10.1. The van der Waals surface area contributed by atoms with Gasteiger partial charge in [-0.3, -0.25) is 4.79 Å². The Morgan fingerprint density at radius 2 is 2.12 bits per heavy atom. The molecule has 0 saturated carbocycles. The van der Waals surface area contributed by atoms with Gasteiger partial charge in [0.2, 0.25) is 0 Å². The van der Waals surface area contributed by atoms with Crippen LogP contribution in [0.4, 0.5) is 11.4 Å². The van der Waals surface area contributed by atoms with Crippen LogP contribution < -0.4 is 16.4 Å². The van der Waals surface area contributed by atoms with Gasteiger partial charge in [-0.25, -0.2) is 0 Å². The van der Waals surface area contributed by atoms with Crippen molar-refractivity contribution in [3.05, 3.63) is 23.8 Å². The number of anilines is 2. The standard InChI is InChI=1S/C12H19N3O2/c1-2-5-15(6-7-16)11-8-9(13)3-4-10(11)12(14)17/h3-4,8,16H,2,5-7,13H2,1H3,(H2,14,17). The number of benzene rings is 1. The molecule has 0 radical (unpaired) electrons. The van der Waals surface area contributed by atoms with Crippen molar-refractivity contribution in [2.75, 3.05) is 30.3 Å². The first-order valence-corrected chi connectivity index (χ1v) is 5.65. The SMILES string of the molecule is CCCN(CCO)c1cc(N)ccc1C(N)=O. The molecular formula is C12H19N3O2. The van der Waals surface area contributed by atoms with E-state index >= 15 is 0 Å². The molecule has 0 aliphatic heterocycles. The maximum atomic E-state index is 11.3. The van der Waals surface area contributed by atoms with E-state index in [1.165, 1.54) is 0 Å². The summed E-state index contributed by atoms with van der Waals surface area (Å²) >= 11 is 0. The van der Waals surface area contributed by atoms with E-state index in [0.717, 1.165) is 13.0 Å². The zero-order chi connectivity index (χ0) is 12.8. The number of nitrogen functional groups attached to an aromatic ring is 1. The van der Waals surface area contributed by atoms with Gasteiger partial charge in [0.25, 0.3) is 5.91 Å². The van der Waals surface area contributed by atoms with Gasteiger partial charge in [0.1, 0.15) is 0 Å². The second-order valence-corrected chi connectivity index (χ2v) is 3.85. The molecule has 0 fully saturated rings. The van der Waals surface area contributed by atoms with Crippen LogP contribution in [0.3, 0.4) is 0 Å². The van der Waals surface area contributed by atoms with E-state index in [0.29, 0.717) is 23.5 Å². The molecular weight excluding hydrogens is 218 g/mol.